The molecule has 3 aliphatic rings. The first-order valence-electron chi connectivity index (χ1n) is 10.8. The number of fused-ring (bicyclic) bond motifs is 4. The van der Waals surface area contributed by atoms with E-state index < -0.39 is 5.79 Å². The van der Waals surface area contributed by atoms with E-state index >= 15 is 0 Å². The number of aliphatic hydroxyl groups is 1. The monoisotopic (exact) mass is 408 g/mol. The zero-order valence-electron chi connectivity index (χ0n) is 17.4. The molecule has 0 aromatic heterocycles. The largest absolute Gasteiger partial charge is 0.465 e. The van der Waals surface area contributed by atoms with Crippen molar-refractivity contribution >= 4 is 5.97 Å². The summed E-state index contributed by atoms with van der Waals surface area (Å²) in [6.07, 6.45) is 0.674. The van der Waals surface area contributed by atoms with E-state index in [2.05, 4.69) is 24.3 Å². The van der Waals surface area contributed by atoms with Gasteiger partial charge in [0.2, 0.25) is 0 Å². The summed E-state index contributed by atoms with van der Waals surface area (Å²) in [4.78, 5) is 12.7. The SMILES string of the molecule is CC1(C)O[C@@H]2[C@@H](CO)C[C@@H](CC(=O)OCC3c4ccccc4-c4ccccc43)[C@@H]2O1. The Bertz CT molecular complexity index is 907. The van der Waals surface area contributed by atoms with Crippen molar-refractivity contribution in [1.29, 1.82) is 0 Å². The minimum Gasteiger partial charge on any atom is -0.465 e. The van der Waals surface area contributed by atoms with E-state index in [9.17, 15) is 9.90 Å². The Balaban J connectivity index is 1.26. The van der Waals surface area contributed by atoms with Crippen LogP contribution in [0.5, 0.6) is 0 Å². The molecule has 1 N–H and O–H groups in total. The van der Waals surface area contributed by atoms with Gasteiger partial charge in [-0.3, -0.25) is 4.79 Å². The fourth-order valence-electron chi connectivity index (χ4n) is 5.47. The Morgan fingerprint density at radius 1 is 1.00 bits per heavy atom. The predicted molar refractivity (Wildman–Crippen MR) is 112 cm³/mol. The Kier molecular flexibility index (Phi) is 4.92. The quantitative estimate of drug-likeness (QED) is 0.761. The molecule has 0 unspecified atom stereocenters. The molecule has 5 rings (SSSR count). The van der Waals surface area contributed by atoms with Gasteiger partial charge in [0.15, 0.2) is 5.79 Å². The van der Waals surface area contributed by atoms with Crippen LogP contribution >= 0.6 is 0 Å². The van der Waals surface area contributed by atoms with Crippen LogP contribution in [0.3, 0.4) is 0 Å². The van der Waals surface area contributed by atoms with Crippen LogP contribution in [-0.4, -0.2) is 42.3 Å². The summed E-state index contributed by atoms with van der Waals surface area (Å²) in [6.45, 7) is 4.13. The second-order valence-electron chi connectivity index (χ2n) is 9.12. The molecule has 1 saturated heterocycles. The van der Waals surface area contributed by atoms with Crippen LogP contribution in [0.2, 0.25) is 0 Å². The third-order valence-electron chi connectivity index (χ3n) is 6.74. The average Bonchev–Trinajstić information content (AvgIpc) is 3.33. The van der Waals surface area contributed by atoms with Crippen LogP contribution in [0.4, 0.5) is 0 Å². The number of hydrogen-bond acceptors (Lipinski definition) is 5. The number of aliphatic hydroxyl groups excluding tert-OH is 1. The van der Waals surface area contributed by atoms with E-state index in [1.165, 1.54) is 22.3 Å². The van der Waals surface area contributed by atoms with Gasteiger partial charge in [0.1, 0.15) is 6.61 Å². The highest BCUT2D eigenvalue weighted by Crippen LogP contribution is 2.47. The van der Waals surface area contributed by atoms with Gasteiger partial charge in [0, 0.05) is 18.4 Å². The van der Waals surface area contributed by atoms with Gasteiger partial charge in [-0.2, -0.15) is 0 Å². The van der Waals surface area contributed by atoms with Crippen molar-refractivity contribution in [2.24, 2.45) is 11.8 Å². The highest BCUT2D eigenvalue weighted by Gasteiger charge is 2.54. The first-order chi connectivity index (χ1) is 14.5. The normalized spacial score (nSPS) is 28.8. The van der Waals surface area contributed by atoms with Gasteiger partial charge in [0.05, 0.1) is 18.6 Å². The molecule has 0 bridgehead atoms. The van der Waals surface area contributed by atoms with E-state index in [0.29, 0.717) is 13.0 Å². The van der Waals surface area contributed by atoms with Gasteiger partial charge in [-0.15, -0.1) is 0 Å². The summed E-state index contributed by atoms with van der Waals surface area (Å²) in [6, 6.07) is 16.6. The molecular weight excluding hydrogens is 380 g/mol. The molecule has 2 aromatic rings. The molecule has 2 fully saturated rings. The third kappa shape index (κ3) is 3.35. The van der Waals surface area contributed by atoms with Crippen LogP contribution in [0.1, 0.15) is 43.7 Å². The summed E-state index contributed by atoms with van der Waals surface area (Å²) in [7, 11) is 0. The number of hydrogen-bond donors (Lipinski definition) is 1. The van der Waals surface area contributed by atoms with E-state index in [0.717, 1.165) is 0 Å². The first kappa shape index (κ1) is 19.7. The standard InChI is InChI=1S/C25H28O5/c1-25(2)29-23-15(11-16(13-26)24(23)30-25)12-22(27)28-14-21-19-9-5-3-7-17(19)18-8-4-6-10-20(18)21/h3-10,15-16,21,23-24,26H,11-14H2,1-2H3/t15-,16+,23-,24+/m0/s1. The van der Waals surface area contributed by atoms with Gasteiger partial charge < -0.3 is 19.3 Å². The van der Waals surface area contributed by atoms with Crippen molar-refractivity contribution in [1.82, 2.24) is 0 Å². The lowest BCUT2D eigenvalue weighted by atomic mass is 9.98. The summed E-state index contributed by atoms with van der Waals surface area (Å²) < 4.78 is 17.8. The maximum atomic E-state index is 12.7. The van der Waals surface area contributed by atoms with Crippen LogP contribution in [0.15, 0.2) is 48.5 Å². The van der Waals surface area contributed by atoms with Crippen LogP contribution in [-0.2, 0) is 19.0 Å². The second-order valence-corrected chi connectivity index (χ2v) is 9.12. The summed E-state index contributed by atoms with van der Waals surface area (Å²) in [5.74, 6) is -0.823. The van der Waals surface area contributed by atoms with Gasteiger partial charge >= 0.3 is 5.97 Å². The lowest BCUT2D eigenvalue weighted by Gasteiger charge is -2.23. The number of ether oxygens (including phenoxy) is 3. The maximum absolute atomic E-state index is 12.7. The minimum atomic E-state index is -0.678. The van der Waals surface area contributed by atoms with Crippen molar-refractivity contribution in [3.63, 3.8) is 0 Å². The van der Waals surface area contributed by atoms with E-state index in [1.54, 1.807) is 0 Å². The van der Waals surface area contributed by atoms with E-state index in [1.807, 2.05) is 38.1 Å². The topological polar surface area (TPSA) is 65.0 Å². The molecule has 4 atom stereocenters. The Hall–Kier alpha value is -2.21. The number of esters is 1. The van der Waals surface area contributed by atoms with Crippen LogP contribution < -0.4 is 0 Å². The second kappa shape index (κ2) is 7.49. The van der Waals surface area contributed by atoms with Crippen LogP contribution in [0.25, 0.3) is 11.1 Å². The maximum Gasteiger partial charge on any atom is 0.306 e. The molecule has 5 heteroatoms. The van der Waals surface area contributed by atoms with Crippen molar-refractivity contribution in [3.8, 4) is 11.1 Å². The lowest BCUT2D eigenvalue weighted by molar-refractivity contribution is -0.166. The van der Waals surface area contributed by atoms with Crippen molar-refractivity contribution < 1.29 is 24.1 Å². The van der Waals surface area contributed by atoms with Crippen LogP contribution in [0, 0.1) is 11.8 Å². The molecule has 0 radical (unpaired) electrons. The summed E-state index contributed by atoms with van der Waals surface area (Å²) in [5, 5.41) is 9.72. The highest BCUT2D eigenvalue weighted by molar-refractivity contribution is 5.79. The Morgan fingerprint density at radius 3 is 2.17 bits per heavy atom. The lowest BCUT2D eigenvalue weighted by Crippen LogP contribution is -2.27. The molecular formula is C25H28O5. The smallest absolute Gasteiger partial charge is 0.306 e. The van der Waals surface area contributed by atoms with Crippen molar-refractivity contribution in [3.05, 3.63) is 59.7 Å². The number of rotatable bonds is 5. The molecule has 30 heavy (non-hydrogen) atoms. The third-order valence-corrected chi connectivity index (χ3v) is 6.74. The van der Waals surface area contributed by atoms with Crippen molar-refractivity contribution in [2.45, 2.75) is 50.6 Å². The molecule has 158 valence electrons. The zero-order valence-corrected chi connectivity index (χ0v) is 17.4. The number of carbonyl (C=O) groups excluding carboxylic acids is 1. The number of benzene rings is 2. The molecule has 0 spiro atoms. The molecule has 1 heterocycles. The first-order valence-corrected chi connectivity index (χ1v) is 10.8. The average molecular weight is 408 g/mol. The van der Waals surface area contributed by atoms with Gasteiger partial charge in [-0.25, -0.2) is 0 Å². The Morgan fingerprint density at radius 2 is 1.57 bits per heavy atom. The van der Waals surface area contributed by atoms with Crippen molar-refractivity contribution in [2.75, 3.05) is 13.2 Å². The highest BCUT2D eigenvalue weighted by atomic mass is 16.8. The zero-order chi connectivity index (χ0) is 20.9. The van der Waals surface area contributed by atoms with Gasteiger partial charge in [-0.1, -0.05) is 48.5 Å². The molecule has 0 amide bonds. The molecule has 1 saturated carbocycles. The predicted octanol–water partition coefficient (Wildman–Crippen LogP) is 3.88. The van der Waals surface area contributed by atoms with Gasteiger partial charge in [-0.05, 0) is 48.4 Å². The fraction of sp³-hybridized carbons (Fsp3) is 0.480. The Labute approximate surface area is 177 Å². The molecule has 1 aliphatic heterocycles. The van der Waals surface area contributed by atoms with Gasteiger partial charge in [0.25, 0.3) is 0 Å². The number of carbonyl (C=O) groups is 1. The summed E-state index contributed by atoms with van der Waals surface area (Å²) in [5.41, 5.74) is 4.86. The minimum absolute atomic E-state index is 0.00293. The summed E-state index contributed by atoms with van der Waals surface area (Å²) >= 11 is 0. The molecule has 2 aromatic carbocycles. The van der Waals surface area contributed by atoms with E-state index in [-0.39, 0.29) is 49.0 Å². The fourth-order valence-corrected chi connectivity index (χ4v) is 5.47. The molecule has 2 aliphatic carbocycles. The van der Waals surface area contributed by atoms with E-state index in [4.69, 9.17) is 14.2 Å². The molecule has 5 nitrogen and oxygen atoms in total.